The summed E-state index contributed by atoms with van der Waals surface area (Å²) in [7, 11) is 0. The molecule has 0 unspecified atom stereocenters. The summed E-state index contributed by atoms with van der Waals surface area (Å²) in [6.07, 6.45) is -0.694. The minimum absolute atomic E-state index is 0.257. The standard InChI is InChI=1S/C15H18F3NO2/c16-15(17,18)12-7-3-2-6-11(12)13(21)19-14(10-20)8-4-1-5-9-14/h2-3,6-7,20H,1,4-5,8-10H2,(H,19,21). The fourth-order valence-electron chi connectivity index (χ4n) is 2.79. The average Bonchev–Trinajstić information content (AvgIpc) is 2.47. The summed E-state index contributed by atoms with van der Waals surface area (Å²) in [5.41, 5.74) is -2.15. The maximum absolute atomic E-state index is 12.9. The lowest BCUT2D eigenvalue weighted by molar-refractivity contribution is -0.138. The first kappa shape index (κ1) is 15.8. The van der Waals surface area contributed by atoms with Crippen molar-refractivity contribution in [3.8, 4) is 0 Å². The van der Waals surface area contributed by atoms with Crippen molar-refractivity contribution in [2.75, 3.05) is 6.61 Å². The summed E-state index contributed by atoms with van der Waals surface area (Å²) in [5.74, 6) is -0.779. The molecule has 1 amide bonds. The van der Waals surface area contributed by atoms with Gasteiger partial charge in [0.15, 0.2) is 0 Å². The van der Waals surface area contributed by atoms with Crippen molar-refractivity contribution in [1.82, 2.24) is 5.32 Å². The largest absolute Gasteiger partial charge is 0.417 e. The third-order valence-corrected chi connectivity index (χ3v) is 3.97. The fraction of sp³-hybridized carbons (Fsp3) is 0.533. The Balaban J connectivity index is 2.24. The summed E-state index contributed by atoms with van der Waals surface area (Å²) in [4.78, 5) is 12.2. The Labute approximate surface area is 121 Å². The number of carbonyl (C=O) groups excluding carboxylic acids is 1. The Morgan fingerprint density at radius 1 is 1.19 bits per heavy atom. The molecule has 1 aliphatic rings. The van der Waals surface area contributed by atoms with Crippen molar-refractivity contribution < 1.29 is 23.1 Å². The molecule has 2 N–H and O–H groups in total. The highest BCUT2D eigenvalue weighted by Gasteiger charge is 2.38. The molecule has 1 saturated carbocycles. The van der Waals surface area contributed by atoms with Gasteiger partial charge in [0.25, 0.3) is 5.91 Å². The van der Waals surface area contributed by atoms with Crippen LogP contribution in [0, 0.1) is 0 Å². The van der Waals surface area contributed by atoms with Gasteiger partial charge in [0.1, 0.15) is 0 Å². The smallest absolute Gasteiger partial charge is 0.394 e. The van der Waals surface area contributed by atoms with Gasteiger partial charge in [-0.05, 0) is 25.0 Å². The minimum Gasteiger partial charge on any atom is -0.394 e. The number of halogens is 3. The van der Waals surface area contributed by atoms with Crippen LogP contribution in [0.2, 0.25) is 0 Å². The molecule has 0 spiro atoms. The Bertz CT molecular complexity index is 508. The van der Waals surface area contributed by atoms with Crippen LogP contribution >= 0.6 is 0 Å². The second-order valence-corrected chi connectivity index (χ2v) is 5.50. The first-order valence-corrected chi connectivity index (χ1v) is 6.98. The van der Waals surface area contributed by atoms with E-state index in [4.69, 9.17) is 0 Å². The first-order chi connectivity index (χ1) is 9.88. The predicted molar refractivity (Wildman–Crippen MR) is 71.8 cm³/mol. The van der Waals surface area contributed by atoms with Gasteiger partial charge in [0, 0.05) is 0 Å². The Morgan fingerprint density at radius 3 is 2.38 bits per heavy atom. The highest BCUT2D eigenvalue weighted by atomic mass is 19.4. The van der Waals surface area contributed by atoms with E-state index in [2.05, 4.69) is 5.32 Å². The van der Waals surface area contributed by atoms with Crippen LogP contribution in [0.1, 0.15) is 48.0 Å². The van der Waals surface area contributed by atoms with E-state index < -0.39 is 28.7 Å². The van der Waals surface area contributed by atoms with Crippen LogP contribution in [0.25, 0.3) is 0 Å². The molecule has 0 bridgehead atoms. The van der Waals surface area contributed by atoms with E-state index in [1.54, 1.807) is 0 Å². The van der Waals surface area contributed by atoms with Crippen LogP contribution in [0.15, 0.2) is 24.3 Å². The molecule has 0 saturated heterocycles. The van der Waals surface area contributed by atoms with Crippen molar-refractivity contribution in [2.45, 2.75) is 43.8 Å². The molecule has 1 aromatic carbocycles. The molecule has 0 radical (unpaired) electrons. The van der Waals surface area contributed by atoms with Gasteiger partial charge in [-0.15, -0.1) is 0 Å². The molecule has 21 heavy (non-hydrogen) atoms. The Morgan fingerprint density at radius 2 is 1.81 bits per heavy atom. The highest BCUT2D eigenvalue weighted by molar-refractivity contribution is 5.96. The number of hydrogen-bond acceptors (Lipinski definition) is 2. The quantitative estimate of drug-likeness (QED) is 0.901. The van der Waals surface area contributed by atoms with E-state index in [1.165, 1.54) is 12.1 Å². The van der Waals surface area contributed by atoms with E-state index >= 15 is 0 Å². The van der Waals surface area contributed by atoms with Gasteiger partial charge in [-0.3, -0.25) is 4.79 Å². The second-order valence-electron chi connectivity index (χ2n) is 5.50. The molecule has 0 heterocycles. The Kier molecular flexibility index (Phi) is 4.56. The monoisotopic (exact) mass is 301 g/mol. The predicted octanol–water partition coefficient (Wildman–Crippen LogP) is 3.13. The third-order valence-electron chi connectivity index (χ3n) is 3.97. The van der Waals surface area contributed by atoms with E-state index in [-0.39, 0.29) is 6.61 Å². The van der Waals surface area contributed by atoms with Gasteiger partial charge in [-0.1, -0.05) is 31.4 Å². The van der Waals surface area contributed by atoms with Crippen molar-refractivity contribution in [3.05, 3.63) is 35.4 Å². The van der Waals surface area contributed by atoms with Gasteiger partial charge < -0.3 is 10.4 Å². The summed E-state index contributed by atoms with van der Waals surface area (Å²) in [6, 6.07) is 4.70. The molecule has 1 aliphatic carbocycles. The Hall–Kier alpha value is -1.56. The first-order valence-electron chi connectivity index (χ1n) is 6.98. The van der Waals surface area contributed by atoms with Crippen molar-refractivity contribution >= 4 is 5.91 Å². The van der Waals surface area contributed by atoms with Gasteiger partial charge in [0.05, 0.1) is 23.3 Å². The number of rotatable bonds is 3. The van der Waals surface area contributed by atoms with Crippen LogP contribution in [-0.4, -0.2) is 23.2 Å². The summed E-state index contributed by atoms with van der Waals surface area (Å²) < 4.78 is 38.8. The number of hydrogen-bond donors (Lipinski definition) is 2. The lowest BCUT2D eigenvalue weighted by Gasteiger charge is -2.36. The summed E-state index contributed by atoms with van der Waals surface area (Å²) in [6.45, 7) is -0.257. The zero-order valence-corrected chi connectivity index (χ0v) is 11.5. The number of nitrogens with one attached hydrogen (secondary N) is 1. The van der Waals surface area contributed by atoms with Gasteiger partial charge >= 0.3 is 6.18 Å². The molecule has 116 valence electrons. The summed E-state index contributed by atoms with van der Waals surface area (Å²) in [5, 5.41) is 12.2. The van der Waals surface area contributed by atoms with Gasteiger partial charge in [0.2, 0.25) is 0 Å². The van der Waals surface area contributed by atoms with E-state index in [9.17, 15) is 23.1 Å². The van der Waals surface area contributed by atoms with E-state index in [0.717, 1.165) is 31.4 Å². The van der Waals surface area contributed by atoms with Gasteiger partial charge in [-0.2, -0.15) is 13.2 Å². The number of aliphatic hydroxyl groups is 1. The fourth-order valence-corrected chi connectivity index (χ4v) is 2.79. The molecule has 6 heteroatoms. The zero-order valence-electron chi connectivity index (χ0n) is 11.5. The lowest BCUT2D eigenvalue weighted by Crippen LogP contribution is -2.52. The van der Waals surface area contributed by atoms with E-state index in [1.807, 2.05) is 0 Å². The lowest BCUT2D eigenvalue weighted by atomic mass is 9.82. The SMILES string of the molecule is O=C(NC1(CO)CCCCC1)c1ccccc1C(F)(F)F. The molecule has 0 aliphatic heterocycles. The number of alkyl halides is 3. The number of carbonyl (C=O) groups is 1. The molecular formula is C15H18F3NO2. The van der Waals surface area contributed by atoms with Crippen molar-refractivity contribution in [3.63, 3.8) is 0 Å². The van der Waals surface area contributed by atoms with Crippen LogP contribution < -0.4 is 5.32 Å². The van der Waals surface area contributed by atoms with Crippen LogP contribution in [0.4, 0.5) is 13.2 Å². The van der Waals surface area contributed by atoms with Crippen LogP contribution in [0.5, 0.6) is 0 Å². The van der Waals surface area contributed by atoms with Gasteiger partial charge in [-0.25, -0.2) is 0 Å². The number of aliphatic hydroxyl groups excluding tert-OH is 1. The molecule has 1 aromatic rings. The zero-order chi connectivity index (χ0) is 15.5. The molecule has 2 rings (SSSR count). The topological polar surface area (TPSA) is 49.3 Å². The van der Waals surface area contributed by atoms with E-state index in [0.29, 0.717) is 12.8 Å². The summed E-state index contributed by atoms with van der Waals surface area (Å²) >= 11 is 0. The maximum atomic E-state index is 12.9. The number of benzene rings is 1. The molecular weight excluding hydrogens is 283 g/mol. The molecule has 0 aromatic heterocycles. The second kappa shape index (κ2) is 6.05. The average molecular weight is 301 g/mol. The minimum atomic E-state index is -4.58. The third kappa shape index (κ3) is 3.56. The normalized spacial score (nSPS) is 18.3. The molecule has 3 nitrogen and oxygen atoms in total. The van der Waals surface area contributed by atoms with Crippen molar-refractivity contribution in [2.24, 2.45) is 0 Å². The van der Waals surface area contributed by atoms with Crippen molar-refractivity contribution in [1.29, 1.82) is 0 Å². The van der Waals surface area contributed by atoms with Crippen LogP contribution in [0.3, 0.4) is 0 Å². The molecule has 0 atom stereocenters. The molecule has 1 fully saturated rings. The van der Waals surface area contributed by atoms with Crippen LogP contribution in [-0.2, 0) is 6.18 Å². The number of amides is 1. The maximum Gasteiger partial charge on any atom is 0.417 e. The highest BCUT2D eigenvalue weighted by Crippen LogP contribution is 2.33.